The van der Waals surface area contributed by atoms with Gasteiger partial charge in [-0.25, -0.2) is 9.97 Å². The van der Waals surface area contributed by atoms with Crippen LogP contribution in [-0.4, -0.2) is 35.0 Å². The van der Waals surface area contributed by atoms with Crippen LogP contribution in [0.25, 0.3) is 11.0 Å². The van der Waals surface area contributed by atoms with Crippen LogP contribution in [0.15, 0.2) is 36.4 Å². The van der Waals surface area contributed by atoms with Crippen molar-refractivity contribution in [3.8, 4) is 11.8 Å². The van der Waals surface area contributed by atoms with Crippen molar-refractivity contribution in [1.82, 2.24) is 9.97 Å². The van der Waals surface area contributed by atoms with Crippen molar-refractivity contribution < 1.29 is 19.2 Å². The lowest BCUT2D eigenvalue weighted by Gasteiger charge is -2.13. The van der Waals surface area contributed by atoms with Gasteiger partial charge in [0.15, 0.2) is 0 Å². The van der Waals surface area contributed by atoms with Crippen LogP contribution >= 0.6 is 0 Å². The Morgan fingerprint density at radius 1 is 1.11 bits per heavy atom. The number of hydrogen-bond acceptors (Lipinski definition) is 7. The third-order valence-corrected chi connectivity index (χ3v) is 3.97. The van der Waals surface area contributed by atoms with Gasteiger partial charge in [0.25, 0.3) is 23.4 Å². The van der Waals surface area contributed by atoms with Gasteiger partial charge in [0.2, 0.25) is 0 Å². The third kappa shape index (κ3) is 3.34. The van der Waals surface area contributed by atoms with E-state index in [1.54, 1.807) is 24.3 Å². The average Bonchev–Trinajstić information content (AvgIpc) is 2.66. The number of nitro groups is 1. The number of rotatable bonds is 5. The molecule has 0 saturated heterocycles. The lowest BCUT2D eigenvalue weighted by atomic mass is 10.0. The zero-order chi connectivity index (χ0) is 19.6. The van der Waals surface area contributed by atoms with E-state index in [9.17, 15) is 14.9 Å². The Hall–Kier alpha value is -3.75. The number of methoxy groups -OCH3 is 2. The fourth-order valence-corrected chi connectivity index (χ4v) is 2.69. The van der Waals surface area contributed by atoms with E-state index in [0.717, 1.165) is 0 Å². The van der Waals surface area contributed by atoms with Crippen molar-refractivity contribution in [2.45, 2.75) is 6.92 Å². The number of benzene rings is 2. The Bertz CT molecular complexity index is 1040. The number of anilines is 1. The first kappa shape index (κ1) is 18.1. The van der Waals surface area contributed by atoms with Crippen LogP contribution in [0.5, 0.6) is 11.8 Å². The highest BCUT2D eigenvalue weighted by Crippen LogP contribution is 2.33. The number of ether oxygens (including phenoxy) is 2. The monoisotopic (exact) mass is 368 g/mol. The molecule has 0 fully saturated rings. The summed E-state index contributed by atoms with van der Waals surface area (Å²) in [4.78, 5) is 32.3. The summed E-state index contributed by atoms with van der Waals surface area (Å²) in [5.41, 5.74) is 0.892. The number of aromatic nitrogens is 2. The van der Waals surface area contributed by atoms with Gasteiger partial charge in [-0.2, -0.15) is 0 Å². The highest BCUT2D eigenvalue weighted by atomic mass is 16.6. The summed E-state index contributed by atoms with van der Waals surface area (Å²) < 4.78 is 10.3. The molecule has 27 heavy (non-hydrogen) atoms. The molecule has 3 aromatic rings. The van der Waals surface area contributed by atoms with E-state index < -0.39 is 10.8 Å². The molecule has 138 valence electrons. The van der Waals surface area contributed by atoms with Crippen molar-refractivity contribution >= 4 is 28.3 Å². The Morgan fingerprint density at radius 3 is 2.33 bits per heavy atom. The van der Waals surface area contributed by atoms with E-state index in [2.05, 4.69) is 15.3 Å². The van der Waals surface area contributed by atoms with E-state index >= 15 is 0 Å². The molecule has 0 radical (unpaired) electrons. The standard InChI is InChI=1S/C18H16N4O5/c1-10-13(22(24)25)9-12-15(21-18(27-3)17(20-12)26-2)14(10)16(23)19-11-7-5-4-6-8-11/h4-9H,1-3H3,(H,19,23). The maximum atomic E-state index is 12.9. The number of carbonyl (C=O) groups excluding carboxylic acids is 1. The SMILES string of the molecule is COc1nc2cc([N+](=O)[O-])c(C)c(C(=O)Nc3ccccc3)c2nc1OC. The number of nitro benzene ring substituents is 1. The number of nitrogens with zero attached hydrogens (tertiary/aromatic N) is 3. The quantitative estimate of drug-likeness (QED) is 0.543. The molecule has 2 aromatic carbocycles. The number of amides is 1. The van der Waals surface area contributed by atoms with Gasteiger partial charge in [0.1, 0.15) is 11.0 Å². The molecule has 0 aliphatic heterocycles. The van der Waals surface area contributed by atoms with Crippen LogP contribution in [0, 0.1) is 17.0 Å². The minimum Gasteiger partial charge on any atom is -0.477 e. The molecule has 0 saturated carbocycles. The van der Waals surface area contributed by atoms with Crippen LogP contribution in [0.2, 0.25) is 0 Å². The molecule has 1 N–H and O–H groups in total. The number of nitrogens with one attached hydrogen (secondary N) is 1. The summed E-state index contributed by atoms with van der Waals surface area (Å²) in [6.07, 6.45) is 0. The molecule has 3 rings (SSSR count). The first-order chi connectivity index (χ1) is 13.0. The third-order valence-electron chi connectivity index (χ3n) is 3.97. The first-order valence-electron chi connectivity index (χ1n) is 7.90. The van der Waals surface area contributed by atoms with Crippen LogP contribution in [0.3, 0.4) is 0 Å². The summed E-state index contributed by atoms with van der Waals surface area (Å²) in [7, 11) is 2.77. The van der Waals surface area contributed by atoms with Gasteiger partial charge in [-0.05, 0) is 19.1 Å². The molecule has 0 unspecified atom stereocenters. The molecule has 9 heteroatoms. The number of hydrogen-bond donors (Lipinski definition) is 1. The topological polar surface area (TPSA) is 116 Å². The maximum Gasteiger partial charge on any atom is 0.278 e. The molecule has 0 aliphatic carbocycles. The highest BCUT2D eigenvalue weighted by Gasteiger charge is 2.26. The normalized spacial score (nSPS) is 10.5. The van der Waals surface area contributed by atoms with Crippen molar-refractivity contribution in [2.75, 3.05) is 19.5 Å². The number of carbonyl (C=O) groups is 1. The molecule has 9 nitrogen and oxygen atoms in total. The molecule has 1 aromatic heterocycles. The maximum absolute atomic E-state index is 12.9. The first-order valence-corrected chi connectivity index (χ1v) is 7.90. The molecular weight excluding hydrogens is 352 g/mol. The summed E-state index contributed by atoms with van der Waals surface area (Å²) in [5, 5.41) is 14.2. The zero-order valence-electron chi connectivity index (χ0n) is 14.8. The predicted molar refractivity (Wildman–Crippen MR) is 98.4 cm³/mol. The van der Waals surface area contributed by atoms with Crippen LogP contribution in [-0.2, 0) is 0 Å². The molecular formula is C18H16N4O5. The molecule has 0 atom stereocenters. The summed E-state index contributed by atoms with van der Waals surface area (Å²) in [6, 6.07) is 10.0. The lowest BCUT2D eigenvalue weighted by molar-refractivity contribution is -0.385. The van der Waals surface area contributed by atoms with Gasteiger partial charge in [0.05, 0.1) is 24.7 Å². The van der Waals surface area contributed by atoms with Gasteiger partial charge in [-0.1, -0.05) is 18.2 Å². The Morgan fingerprint density at radius 2 is 1.74 bits per heavy atom. The van der Waals surface area contributed by atoms with Gasteiger partial charge in [-0.3, -0.25) is 14.9 Å². The second-order valence-corrected chi connectivity index (χ2v) is 5.58. The minimum absolute atomic E-state index is 0.0523. The van der Waals surface area contributed by atoms with Gasteiger partial charge >= 0.3 is 0 Å². The second kappa shape index (κ2) is 7.24. The van der Waals surface area contributed by atoms with Gasteiger partial charge in [-0.15, -0.1) is 0 Å². The van der Waals surface area contributed by atoms with Crippen molar-refractivity contribution in [2.24, 2.45) is 0 Å². The van der Waals surface area contributed by atoms with Gasteiger partial charge in [0, 0.05) is 17.3 Å². The summed E-state index contributed by atoms with van der Waals surface area (Å²) in [6.45, 7) is 1.50. The number of para-hydroxylation sites is 1. The fraction of sp³-hybridized carbons (Fsp3) is 0.167. The highest BCUT2D eigenvalue weighted by molar-refractivity contribution is 6.13. The van der Waals surface area contributed by atoms with E-state index in [4.69, 9.17) is 9.47 Å². The Kier molecular flexibility index (Phi) is 4.84. The number of fused-ring (bicyclic) bond motifs is 1. The van der Waals surface area contributed by atoms with Crippen molar-refractivity contribution in [1.29, 1.82) is 0 Å². The molecule has 0 bridgehead atoms. The van der Waals surface area contributed by atoms with Crippen LogP contribution in [0.4, 0.5) is 11.4 Å². The molecule has 1 amide bonds. The van der Waals surface area contributed by atoms with E-state index in [1.807, 2.05) is 6.07 Å². The van der Waals surface area contributed by atoms with E-state index in [1.165, 1.54) is 27.2 Å². The summed E-state index contributed by atoms with van der Waals surface area (Å²) in [5.74, 6) is -0.390. The van der Waals surface area contributed by atoms with Crippen molar-refractivity contribution in [3.05, 3.63) is 57.6 Å². The van der Waals surface area contributed by atoms with Crippen LogP contribution in [0.1, 0.15) is 15.9 Å². The predicted octanol–water partition coefficient (Wildman–Crippen LogP) is 3.12. The van der Waals surface area contributed by atoms with Crippen LogP contribution < -0.4 is 14.8 Å². The summed E-state index contributed by atoms with van der Waals surface area (Å²) >= 11 is 0. The molecule has 0 aliphatic rings. The van der Waals surface area contributed by atoms with E-state index in [0.29, 0.717) is 5.69 Å². The Labute approximate surface area is 154 Å². The molecule has 1 heterocycles. The minimum atomic E-state index is -0.563. The lowest BCUT2D eigenvalue weighted by Crippen LogP contribution is -2.16. The average molecular weight is 368 g/mol. The smallest absolute Gasteiger partial charge is 0.278 e. The van der Waals surface area contributed by atoms with Crippen molar-refractivity contribution in [3.63, 3.8) is 0 Å². The second-order valence-electron chi connectivity index (χ2n) is 5.58. The molecule has 0 spiro atoms. The Balaban J connectivity index is 2.25. The van der Waals surface area contributed by atoms with E-state index in [-0.39, 0.29) is 39.6 Å². The zero-order valence-corrected chi connectivity index (χ0v) is 14.8. The largest absolute Gasteiger partial charge is 0.477 e. The van der Waals surface area contributed by atoms with Gasteiger partial charge < -0.3 is 14.8 Å². The fourth-order valence-electron chi connectivity index (χ4n) is 2.69.